The summed E-state index contributed by atoms with van der Waals surface area (Å²) >= 11 is 0. The fraction of sp³-hybridized carbons (Fsp3) is 0.520. The molecule has 1 aliphatic rings. The van der Waals surface area contributed by atoms with Crippen LogP contribution >= 0.6 is 0 Å². The monoisotopic (exact) mass is 513 g/mol. The molecule has 0 unspecified atom stereocenters. The van der Waals surface area contributed by atoms with Crippen LogP contribution in [0.2, 0.25) is 18.1 Å². The standard InChI is InChI=1S/C25H35N5O5Si/c1-17-14-29(24(32)27-23(17)31)22-12-20(21(35-22)16-34-36(5,6)25(2,3)4)30-18(13-26-28-30)15-33-19-10-8-7-9-11-19/h7-11,13-14,20-22H,12,15-16H2,1-6H3,(H,27,31,32)/t20-,21+,22+/m0/s1. The van der Waals surface area contributed by atoms with E-state index in [0.717, 1.165) is 11.4 Å². The van der Waals surface area contributed by atoms with Crippen LogP contribution in [-0.4, -0.2) is 45.6 Å². The molecule has 1 aliphatic heterocycles. The van der Waals surface area contributed by atoms with Crippen LogP contribution in [0.5, 0.6) is 5.75 Å². The average molecular weight is 514 g/mol. The van der Waals surface area contributed by atoms with Gasteiger partial charge < -0.3 is 13.9 Å². The maximum Gasteiger partial charge on any atom is 0.330 e. The highest BCUT2D eigenvalue weighted by Crippen LogP contribution is 2.40. The third kappa shape index (κ3) is 5.53. The van der Waals surface area contributed by atoms with E-state index >= 15 is 0 Å². The van der Waals surface area contributed by atoms with E-state index in [4.69, 9.17) is 13.9 Å². The molecule has 2 aromatic heterocycles. The van der Waals surface area contributed by atoms with Crippen molar-refractivity contribution in [1.82, 2.24) is 24.5 Å². The Morgan fingerprint density at radius 3 is 2.61 bits per heavy atom. The van der Waals surface area contributed by atoms with Crippen molar-refractivity contribution in [3.8, 4) is 5.75 Å². The van der Waals surface area contributed by atoms with Crippen LogP contribution in [0.25, 0.3) is 0 Å². The van der Waals surface area contributed by atoms with Gasteiger partial charge in [0.15, 0.2) is 8.32 Å². The molecule has 0 bridgehead atoms. The zero-order valence-electron chi connectivity index (χ0n) is 21.7. The van der Waals surface area contributed by atoms with Crippen molar-refractivity contribution in [3.05, 3.63) is 74.8 Å². The van der Waals surface area contributed by atoms with Gasteiger partial charge in [-0.05, 0) is 37.2 Å². The van der Waals surface area contributed by atoms with Gasteiger partial charge in [-0.2, -0.15) is 0 Å². The highest BCUT2D eigenvalue weighted by molar-refractivity contribution is 6.74. The average Bonchev–Trinajstić information content (AvgIpc) is 3.45. The minimum Gasteiger partial charge on any atom is -0.487 e. The van der Waals surface area contributed by atoms with Gasteiger partial charge in [0.25, 0.3) is 5.56 Å². The minimum atomic E-state index is -2.05. The summed E-state index contributed by atoms with van der Waals surface area (Å²) in [6.07, 6.45) is 2.72. The zero-order valence-corrected chi connectivity index (χ0v) is 22.7. The molecule has 0 spiro atoms. The number of nitrogens with zero attached hydrogens (tertiary/aromatic N) is 4. The molecule has 3 aromatic rings. The van der Waals surface area contributed by atoms with E-state index in [1.54, 1.807) is 19.3 Å². The lowest BCUT2D eigenvalue weighted by atomic mass is 10.1. The van der Waals surface area contributed by atoms with Crippen LogP contribution in [0.4, 0.5) is 0 Å². The first-order chi connectivity index (χ1) is 17.0. The molecule has 10 nitrogen and oxygen atoms in total. The fourth-order valence-corrected chi connectivity index (χ4v) is 4.94. The lowest BCUT2D eigenvalue weighted by Crippen LogP contribution is -2.43. The number of para-hydroxylation sites is 1. The van der Waals surface area contributed by atoms with Crippen molar-refractivity contribution < 1.29 is 13.9 Å². The summed E-state index contributed by atoms with van der Waals surface area (Å²) in [5, 5.41) is 8.52. The quantitative estimate of drug-likeness (QED) is 0.458. The molecule has 1 N–H and O–H groups in total. The van der Waals surface area contributed by atoms with Crippen LogP contribution in [0, 0.1) is 6.92 Å². The van der Waals surface area contributed by atoms with Crippen molar-refractivity contribution in [3.63, 3.8) is 0 Å². The smallest absolute Gasteiger partial charge is 0.330 e. The molecule has 194 valence electrons. The van der Waals surface area contributed by atoms with Crippen LogP contribution < -0.4 is 16.0 Å². The molecule has 0 aliphatic carbocycles. The summed E-state index contributed by atoms with van der Waals surface area (Å²) in [5.74, 6) is 0.749. The Morgan fingerprint density at radius 2 is 1.92 bits per heavy atom. The normalized spacial score (nSPS) is 20.6. The molecule has 1 aromatic carbocycles. The summed E-state index contributed by atoms with van der Waals surface area (Å²) < 4.78 is 22.1. The maximum absolute atomic E-state index is 12.6. The summed E-state index contributed by atoms with van der Waals surface area (Å²) in [6.45, 7) is 13.3. The van der Waals surface area contributed by atoms with Crippen molar-refractivity contribution in [2.45, 2.75) is 77.2 Å². The number of hydrogen-bond donors (Lipinski definition) is 1. The Hall–Kier alpha value is -3.02. The molecule has 0 amide bonds. The number of benzene rings is 1. The number of aromatic nitrogens is 5. The number of H-pyrrole nitrogens is 1. The van der Waals surface area contributed by atoms with Crippen LogP contribution in [0.15, 0.2) is 52.3 Å². The van der Waals surface area contributed by atoms with E-state index < -0.39 is 25.8 Å². The summed E-state index contributed by atoms with van der Waals surface area (Å²) in [6, 6.07) is 9.31. The molecule has 36 heavy (non-hydrogen) atoms. The second-order valence-corrected chi connectivity index (χ2v) is 15.6. The van der Waals surface area contributed by atoms with Gasteiger partial charge in [-0.25, -0.2) is 9.48 Å². The molecule has 1 fully saturated rings. The molecular weight excluding hydrogens is 478 g/mol. The highest BCUT2D eigenvalue weighted by atomic mass is 28.4. The fourth-order valence-electron chi connectivity index (χ4n) is 3.92. The number of hydrogen-bond acceptors (Lipinski definition) is 7. The third-order valence-corrected chi connectivity index (χ3v) is 11.7. The van der Waals surface area contributed by atoms with E-state index in [1.165, 1.54) is 4.57 Å². The van der Waals surface area contributed by atoms with Gasteiger partial charge in [0.05, 0.1) is 24.5 Å². The number of ether oxygens (including phenoxy) is 2. The lowest BCUT2D eigenvalue weighted by Gasteiger charge is -2.37. The van der Waals surface area contributed by atoms with Gasteiger partial charge in [-0.3, -0.25) is 14.3 Å². The molecule has 1 saturated heterocycles. The molecule has 0 radical (unpaired) electrons. The Labute approximate surface area is 211 Å². The molecule has 3 heterocycles. The molecule has 3 atom stereocenters. The van der Waals surface area contributed by atoms with Gasteiger partial charge in [0, 0.05) is 18.2 Å². The van der Waals surface area contributed by atoms with Crippen LogP contribution in [0.3, 0.4) is 0 Å². The number of nitrogens with one attached hydrogen (secondary N) is 1. The Kier molecular flexibility index (Phi) is 7.35. The first-order valence-electron chi connectivity index (χ1n) is 12.1. The topological polar surface area (TPSA) is 113 Å². The third-order valence-electron chi connectivity index (χ3n) is 7.17. The molecule has 0 saturated carbocycles. The van der Waals surface area contributed by atoms with Gasteiger partial charge in [-0.15, -0.1) is 5.10 Å². The molecule has 4 rings (SSSR count). The van der Waals surface area contributed by atoms with Crippen molar-refractivity contribution >= 4 is 8.32 Å². The maximum atomic E-state index is 12.6. The van der Waals surface area contributed by atoms with E-state index in [2.05, 4.69) is 49.2 Å². The molecular formula is C25H35N5O5Si. The predicted molar refractivity (Wildman–Crippen MR) is 138 cm³/mol. The summed E-state index contributed by atoms with van der Waals surface area (Å²) in [5.41, 5.74) is 0.315. The summed E-state index contributed by atoms with van der Waals surface area (Å²) in [4.78, 5) is 26.9. The van der Waals surface area contributed by atoms with E-state index in [-0.39, 0.29) is 23.8 Å². The largest absolute Gasteiger partial charge is 0.487 e. The van der Waals surface area contributed by atoms with Crippen molar-refractivity contribution in [2.75, 3.05) is 6.61 Å². The minimum absolute atomic E-state index is 0.0371. The number of aryl methyl sites for hydroxylation is 1. The van der Waals surface area contributed by atoms with Crippen LogP contribution in [0.1, 0.15) is 50.7 Å². The van der Waals surface area contributed by atoms with Gasteiger partial charge >= 0.3 is 5.69 Å². The van der Waals surface area contributed by atoms with Crippen molar-refractivity contribution in [1.29, 1.82) is 0 Å². The Balaban J connectivity index is 1.61. The predicted octanol–water partition coefficient (Wildman–Crippen LogP) is 3.57. The Bertz CT molecular complexity index is 1290. The first kappa shape index (κ1) is 26.1. The summed E-state index contributed by atoms with van der Waals surface area (Å²) in [7, 11) is -2.05. The second kappa shape index (κ2) is 10.2. The van der Waals surface area contributed by atoms with E-state index in [0.29, 0.717) is 18.6 Å². The lowest BCUT2D eigenvalue weighted by molar-refractivity contribution is -0.0301. The van der Waals surface area contributed by atoms with Gasteiger partial charge in [0.1, 0.15) is 24.7 Å². The first-order valence-corrected chi connectivity index (χ1v) is 15.1. The van der Waals surface area contributed by atoms with E-state index in [1.807, 2.05) is 35.0 Å². The van der Waals surface area contributed by atoms with E-state index in [9.17, 15) is 9.59 Å². The number of aromatic amines is 1. The SMILES string of the molecule is Cc1cn([C@H]2C[C@H](n3nncc3COc3ccccc3)[C@@H](CO[Si](C)(C)C(C)(C)C)O2)c(=O)[nH]c1=O. The van der Waals surface area contributed by atoms with Crippen LogP contribution in [-0.2, 0) is 15.8 Å². The highest BCUT2D eigenvalue weighted by Gasteiger charge is 2.43. The zero-order chi connectivity index (χ0) is 26.1. The van der Waals surface area contributed by atoms with Gasteiger partial charge in [-0.1, -0.05) is 44.2 Å². The second-order valence-electron chi connectivity index (χ2n) is 10.8. The molecule has 11 heteroatoms. The number of rotatable bonds is 8. The van der Waals surface area contributed by atoms with Crippen molar-refractivity contribution in [2.24, 2.45) is 0 Å². The Morgan fingerprint density at radius 1 is 1.19 bits per heavy atom. The van der Waals surface area contributed by atoms with Gasteiger partial charge in [0.2, 0.25) is 0 Å².